The minimum absolute atomic E-state index is 0.220. The van der Waals surface area contributed by atoms with E-state index in [1.165, 1.54) is 5.56 Å². The molecule has 18 heavy (non-hydrogen) atoms. The van der Waals surface area contributed by atoms with Crippen LogP contribution in [0.2, 0.25) is 5.02 Å². The van der Waals surface area contributed by atoms with Gasteiger partial charge in [0.2, 0.25) is 0 Å². The van der Waals surface area contributed by atoms with Crippen molar-refractivity contribution in [2.24, 2.45) is 12.8 Å². The van der Waals surface area contributed by atoms with Crippen molar-refractivity contribution in [2.75, 3.05) is 6.54 Å². The molecule has 0 aliphatic carbocycles. The van der Waals surface area contributed by atoms with Crippen LogP contribution >= 0.6 is 23.4 Å². The number of halogens is 1. The van der Waals surface area contributed by atoms with Crippen molar-refractivity contribution in [1.29, 1.82) is 0 Å². The molecule has 1 aromatic carbocycles. The zero-order valence-corrected chi connectivity index (χ0v) is 12.0. The molecule has 1 heterocycles. The molecule has 0 saturated carbocycles. The van der Waals surface area contributed by atoms with E-state index in [9.17, 15) is 0 Å². The van der Waals surface area contributed by atoms with Gasteiger partial charge < -0.3 is 5.73 Å². The third-order valence-electron chi connectivity index (χ3n) is 2.68. The number of aryl methyl sites for hydroxylation is 2. The molecule has 1 aromatic heterocycles. The van der Waals surface area contributed by atoms with Gasteiger partial charge in [-0.15, -0.1) is 0 Å². The van der Waals surface area contributed by atoms with E-state index in [-0.39, 0.29) is 5.25 Å². The van der Waals surface area contributed by atoms with Gasteiger partial charge in [0, 0.05) is 23.9 Å². The fraction of sp³-hybridized carbons (Fsp3) is 0.308. The van der Waals surface area contributed by atoms with Gasteiger partial charge in [-0.25, -0.2) is 0 Å². The zero-order chi connectivity index (χ0) is 13.1. The first-order chi connectivity index (χ1) is 8.60. The lowest BCUT2D eigenvalue weighted by atomic mass is 10.1. The zero-order valence-electron chi connectivity index (χ0n) is 10.4. The monoisotopic (exact) mass is 281 g/mol. The van der Waals surface area contributed by atoms with Gasteiger partial charge >= 0.3 is 0 Å². The summed E-state index contributed by atoms with van der Waals surface area (Å²) < 4.78 is 1.89. The van der Waals surface area contributed by atoms with Crippen LogP contribution in [0.15, 0.2) is 35.4 Å². The van der Waals surface area contributed by atoms with E-state index in [1.54, 1.807) is 11.8 Å². The molecule has 2 N–H and O–H groups in total. The molecule has 5 heteroatoms. The number of hydrogen-bond donors (Lipinski definition) is 1. The summed E-state index contributed by atoms with van der Waals surface area (Å²) in [5.74, 6) is 0. The molecule has 0 fully saturated rings. The van der Waals surface area contributed by atoms with Crippen LogP contribution in [0.25, 0.3) is 0 Å². The maximum atomic E-state index is 5.90. The predicted molar refractivity (Wildman–Crippen MR) is 77.0 cm³/mol. The van der Waals surface area contributed by atoms with Crippen LogP contribution in [0.1, 0.15) is 16.5 Å². The second kappa shape index (κ2) is 5.78. The molecule has 1 unspecified atom stereocenters. The summed E-state index contributed by atoms with van der Waals surface area (Å²) in [7, 11) is 1.95. The molecule has 0 aliphatic rings. The summed E-state index contributed by atoms with van der Waals surface area (Å²) in [5.41, 5.74) is 8.07. The van der Waals surface area contributed by atoms with Crippen LogP contribution in [0.5, 0.6) is 0 Å². The first-order valence-corrected chi connectivity index (χ1v) is 6.98. The van der Waals surface area contributed by atoms with E-state index >= 15 is 0 Å². The molecule has 1 atom stereocenters. The molecular weight excluding hydrogens is 266 g/mol. The molecule has 0 radical (unpaired) electrons. The third-order valence-corrected chi connectivity index (χ3v) is 4.30. The number of hydrogen-bond acceptors (Lipinski definition) is 3. The van der Waals surface area contributed by atoms with Crippen LogP contribution < -0.4 is 5.73 Å². The fourth-order valence-corrected chi connectivity index (χ4v) is 3.01. The third kappa shape index (κ3) is 3.07. The van der Waals surface area contributed by atoms with Gasteiger partial charge in [0.25, 0.3) is 0 Å². The van der Waals surface area contributed by atoms with Gasteiger partial charge in [-0.3, -0.25) is 4.68 Å². The quantitative estimate of drug-likeness (QED) is 0.876. The van der Waals surface area contributed by atoms with Gasteiger partial charge in [0.05, 0.1) is 10.7 Å². The summed E-state index contributed by atoms with van der Waals surface area (Å²) >= 11 is 7.62. The first-order valence-electron chi connectivity index (χ1n) is 5.73. The van der Waals surface area contributed by atoms with Crippen LogP contribution in [0, 0.1) is 6.92 Å². The second-order valence-corrected chi connectivity index (χ2v) is 5.80. The number of thioether (sulfide) groups is 1. The van der Waals surface area contributed by atoms with Crippen LogP contribution in [0.3, 0.4) is 0 Å². The van der Waals surface area contributed by atoms with Crippen molar-refractivity contribution in [3.63, 3.8) is 0 Å². The topological polar surface area (TPSA) is 43.8 Å². The Balaban J connectivity index is 2.19. The Morgan fingerprint density at radius 3 is 2.56 bits per heavy atom. The molecule has 0 spiro atoms. The summed E-state index contributed by atoms with van der Waals surface area (Å²) in [4.78, 5) is 0. The van der Waals surface area contributed by atoms with Crippen molar-refractivity contribution in [3.05, 3.63) is 46.6 Å². The first kappa shape index (κ1) is 13.5. The summed E-state index contributed by atoms with van der Waals surface area (Å²) in [6.07, 6.45) is 0. The maximum absolute atomic E-state index is 5.90. The Hall–Kier alpha value is -0.970. The molecule has 0 saturated heterocycles. The molecule has 0 bridgehead atoms. The number of nitrogens with two attached hydrogens (primary N) is 1. The van der Waals surface area contributed by atoms with Crippen LogP contribution in [-0.4, -0.2) is 16.3 Å². The number of nitrogens with zero attached hydrogens (tertiary/aromatic N) is 2. The molecule has 0 amide bonds. The minimum Gasteiger partial charge on any atom is -0.329 e. The lowest BCUT2D eigenvalue weighted by Crippen LogP contribution is -2.10. The van der Waals surface area contributed by atoms with E-state index in [0.717, 1.165) is 15.7 Å². The molecule has 2 rings (SSSR count). The molecular formula is C13H16ClN3S. The van der Waals surface area contributed by atoms with E-state index < -0.39 is 0 Å². The Kier molecular flexibility index (Phi) is 4.32. The molecule has 0 aliphatic heterocycles. The maximum Gasteiger partial charge on any atom is 0.0945 e. The second-order valence-electron chi connectivity index (χ2n) is 4.14. The van der Waals surface area contributed by atoms with E-state index in [1.807, 2.05) is 42.9 Å². The summed E-state index contributed by atoms with van der Waals surface area (Å²) in [6.45, 7) is 2.57. The van der Waals surface area contributed by atoms with Crippen LogP contribution in [0.4, 0.5) is 0 Å². The number of rotatable bonds is 4. The highest BCUT2D eigenvalue weighted by atomic mass is 35.5. The van der Waals surface area contributed by atoms with Crippen molar-refractivity contribution in [2.45, 2.75) is 17.2 Å². The average molecular weight is 282 g/mol. The number of benzene rings is 1. The molecule has 96 valence electrons. The van der Waals surface area contributed by atoms with E-state index in [2.05, 4.69) is 11.2 Å². The van der Waals surface area contributed by atoms with E-state index in [0.29, 0.717) is 6.54 Å². The Bertz CT molecular complexity index is 522. The Morgan fingerprint density at radius 2 is 2.06 bits per heavy atom. The van der Waals surface area contributed by atoms with Crippen molar-refractivity contribution < 1.29 is 0 Å². The molecule has 2 aromatic rings. The normalized spacial score (nSPS) is 12.7. The van der Waals surface area contributed by atoms with Gasteiger partial charge in [0.1, 0.15) is 0 Å². The largest absolute Gasteiger partial charge is 0.329 e. The van der Waals surface area contributed by atoms with Gasteiger partial charge in [-0.05, 0) is 30.7 Å². The van der Waals surface area contributed by atoms with Crippen molar-refractivity contribution in [3.8, 4) is 0 Å². The highest BCUT2D eigenvalue weighted by Crippen LogP contribution is 2.34. The Labute approximate surface area is 116 Å². The van der Waals surface area contributed by atoms with Gasteiger partial charge in [-0.2, -0.15) is 5.10 Å². The summed E-state index contributed by atoms with van der Waals surface area (Å²) in [5, 5.41) is 6.43. The van der Waals surface area contributed by atoms with Crippen molar-refractivity contribution >= 4 is 23.4 Å². The van der Waals surface area contributed by atoms with Gasteiger partial charge in [-0.1, -0.05) is 35.5 Å². The summed E-state index contributed by atoms with van der Waals surface area (Å²) in [6, 6.07) is 9.92. The predicted octanol–water partition coefficient (Wildman–Crippen LogP) is 3.17. The number of aromatic nitrogens is 2. The fourth-order valence-electron chi connectivity index (χ4n) is 1.77. The van der Waals surface area contributed by atoms with Crippen LogP contribution in [-0.2, 0) is 7.05 Å². The lowest BCUT2D eigenvalue weighted by Gasteiger charge is -2.14. The van der Waals surface area contributed by atoms with E-state index in [4.69, 9.17) is 17.3 Å². The molecule has 3 nitrogen and oxygen atoms in total. The van der Waals surface area contributed by atoms with Gasteiger partial charge in [0.15, 0.2) is 0 Å². The standard InChI is InChI=1S/C13H16ClN3S/c1-9-7-13(17(2)16-9)18-12(8-15)10-3-5-11(14)6-4-10/h3-7,12H,8,15H2,1-2H3. The SMILES string of the molecule is Cc1cc(SC(CN)c2ccc(Cl)cc2)n(C)n1. The lowest BCUT2D eigenvalue weighted by molar-refractivity contribution is 0.690. The Morgan fingerprint density at radius 1 is 1.39 bits per heavy atom. The minimum atomic E-state index is 0.220. The highest BCUT2D eigenvalue weighted by Gasteiger charge is 2.14. The van der Waals surface area contributed by atoms with Crippen molar-refractivity contribution in [1.82, 2.24) is 9.78 Å². The smallest absolute Gasteiger partial charge is 0.0945 e. The highest BCUT2D eigenvalue weighted by molar-refractivity contribution is 7.99. The average Bonchev–Trinajstić information content (AvgIpc) is 2.66.